The van der Waals surface area contributed by atoms with Crippen LogP contribution in [0, 0.1) is 4.51 Å². The Morgan fingerprint density at radius 1 is 0.778 bits per heavy atom. The van der Waals surface area contributed by atoms with Crippen LogP contribution < -0.4 is 0 Å². The highest BCUT2D eigenvalue weighted by atomic mass is 32.2. The third-order valence-electron chi connectivity index (χ3n) is 2.75. The fraction of sp³-hybridized carbons (Fsp3) is 0.769. The van der Waals surface area contributed by atoms with Crippen LogP contribution in [0.25, 0.3) is 0 Å². The molecule has 0 unspecified atom stereocenters. The molecule has 0 atom stereocenters. The Morgan fingerprint density at radius 2 is 1.11 bits per heavy atom. The normalized spacial score (nSPS) is 13.4. The molecule has 0 aromatic heterocycles. The predicted octanol–water partition coefficient (Wildman–Crippen LogP) is 6.15. The zero-order valence-corrected chi connectivity index (χ0v) is 17.0. The maximum absolute atomic E-state index is 5.41. The molecule has 0 nitrogen and oxygen atoms in total. The smallest absolute Gasteiger partial charge is 0.0672 e. The van der Waals surface area contributed by atoms with Crippen molar-refractivity contribution in [1.29, 1.82) is 0 Å². The van der Waals surface area contributed by atoms with Gasteiger partial charge in [0.1, 0.15) is 0 Å². The lowest BCUT2D eigenvalue weighted by atomic mass is 10.9. The summed E-state index contributed by atoms with van der Waals surface area (Å²) in [5, 5.41) is 0. The summed E-state index contributed by atoms with van der Waals surface area (Å²) < 4.78 is 1.18. The van der Waals surface area contributed by atoms with Crippen molar-refractivity contribution in [1.82, 2.24) is 0 Å². The molecule has 0 saturated carbocycles. The highest BCUT2D eigenvalue weighted by Crippen LogP contribution is 2.44. The van der Waals surface area contributed by atoms with Gasteiger partial charge in [0.15, 0.2) is 0 Å². The van der Waals surface area contributed by atoms with Gasteiger partial charge >= 0.3 is 0 Å². The van der Waals surface area contributed by atoms with E-state index in [1.54, 1.807) is 0 Å². The van der Waals surface area contributed by atoms with Crippen molar-refractivity contribution in [2.75, 3.05) is 11.5 Å². The van der Waals surface area contributed by atoms with E-state index in [1.165, 1.54) is 37.9 Å². The Bertz CT molecular complexity index is 357. The first-order valence-electron chi connectivity index (χ1n) is 6.65. The van der Waals surface area contributed by atoms with Gasteiger partial charge in [0, 0.05) is 25.9 Å². The second kappa shape index (κ2) is 6.61. The van der Waals surface area contributed by atoms with Gasteiger partial charge in [0.05, 0.1) is 4.51 Å². The average Bonchev–Trinajstić information content (AvgIpc) is 2.73. The van der Waals surface area contributed by atoms with Gasteiger partial charge in [0.25, 0.3) is 0 Å². The van der Waals surface area contributed by atoms with E-state index < -0.39 is 16.1 Å². The third-order valence-corrected chi connectivity index (χ3v) is 9.98. The molecule has 0 bridgehead atoms. The van der Waals surface area contributed by atoms with E-state index in [0.29, 0.717) is 0 Å². The highest BCUT2D eigenvalue weighted by Gasteiger charge is 2.22. The van der Waals surface area contributed by atoms with E-state index in [4.69, 9.17) is 12.2 Å². The van der Waals surface area contributed by atoms with Crippen molar-refractivity contribution in [3.05, 3.63) is 4.51 Å². The summed E-state index contributed by atoms with van der Waals surface area (Å²) in [4.78, 5) is 2.90. The number of hydrogen-bond acceptors (Lipinski definition) is 3. The second-order valence-corrected chi connectivity index (χ2v) is 21.2. The summed E-state index contributed by atoms with van der Waals surface area (Å²) >= 11 is 9.43. The lowest BCUT2D eigenvalue weighted by molar-refractivity contribution is 1.36. The van der Waals surface area contributed by atoms with E-state index in [9.17, 15) is 0 Å². The number of rotatable bonds is 8. The minimum Gasteiger partial charge on any atom is -0.124 e. The highest BCUT2D eigenvalue weighted by molar-refractivity contribution is 8.03. The molecule has 0 N–H and O–H groups in total. The van der Waals surface area contributed by atoms with Crippen LogP contribution in [0.15, 0.2) is 9.79 Å². The minimum absolute atomic E-state index is 0.879. The van der Waals surface area contributed by atoms with Crippen molar-refractivity contribution in [3.63, 3.8) is 0 Å². The summed E-state index contributed by atoms with van der Waals surface area (Å²) in [5.41, 5.74) is 0. The molecule has 0 aliphatic heterocycles. The molecule has 18 heavy (non-hydrogen) atoms. The first kappa shape index (κ1) is 17.0. The van der Waals surface area contributed by atoms with Crippen LogP contribution in [-0.4, -0.2) is 27.7 Å². The first-order chi connectivity index (χ1) is 8.10. The van der Waals surface area contributed by atoms with Gasteiger partial charge in [-0.1, -0.05) is 51.5 Å². The van der Waals surface area contributed by atoms with Crippen LogP contribution in [-0.2, 0) is 0 Å². The van der Waals surface area contributed by atoms with Crippen LogP contribution in [0.1, 0.15) is 0 Å². The topological polar surface area (TPSA) is 0 Å². The van der Waals surface area contributed by atoms with E-state index in [-0.39, 0.29) is 0 Å². The SMILES string of the molecule is C[Si](C)(C)CCSc1c(SCC[Si](C)(C)C)c1=S. The third kappa shape index (κ3) is 6.94. The van der Waals surface area contributed by atoms with Crippen molar-refractivity contribution in [2.45, 2.75) is 61.2 Å². The molecular formula is C13H26S3Si2. The summed E-state index contributed by atoms with van der Waals surface area (Å²) in [7, 11) is -1.76. The maximum atomic E-state index is 5.41. The molecule has 5 heteroatoms. The molecule has 104 valence electrons. The standard InChI is InChI=1S/C13H26S3Si2/c1-17(2,3)9-7-15-12-11(14)13(12)16-8-10-18(4,5)6/h7-10H2,1-6H3. The fourth-order valence-electron chi connectivity index (χ4n) is 1.32. The average molecular weight is 335 g/mol. The molecule has 0 spiro atoms. The van der Waals surface area contributed by atoms with E-state index in [0.717, 1.165) is 0 Å². The Balaban J connectivity index is 2.25. The van der Waals surface area contributed by atoms with Crippen molar-refractivity contribution < 1.29 is 0 Å². The molecule has 0 amide bonds. The summed E-state index contributed by atoms with van der Waals surface area (Å²) in [5.74, 6) is 2.53. The quantitative estimate of drug-likeness (QED) is 0.318. The van der Waals surface area contributed by atoms with Gasteiger partial charge in [-0.05, 0) is 23.6 Å². The van der Waals surface area contributed by atoms with E-state index in [2.05, 4.69) is 39.3 Å². The zero-order valence-electron chi connectivity index (χ0n) is 12.6. The van der Waals surface area contributed by atoms with Gasteiger partial charge in [-0.2, -0.15) is 0 Å². The molecular weight excluding hydrogens is 309 g/mol. The molecule has 0 aliphatic rings. The van der Waals surface area contributed by atoms with Gasteiger partial charge in [-0.3, -0.25) is 0 Å². The summed E-state index contributed by atoms with van der Waals surface area (Å²) in [6, 6.07) is 2.80. The fourth-order valence-corrected chi connectivity index (χ4v) is 9.33. The summed E-state index contributed by atoms with van der Waals surface area (Å²) in [6.07, 6.45) is 0. The molecule has 0 heterocycles. The minimum atomic E-state index is -0.879. The Kier molecular flexibility index (Phi) is 6.25. The lowest BCUT2D eigenvalue weighted by Gasteiger charge is -2.14. The first-order valence-corrected chi connectivity index (χ1v) is 16.4. The monoisotopic (exact) mass is 334 g/mol. The van der Waals surface area contributed by atoms with Crippen LogP contribution in [0.2, 0.25) is 51.4 Å². The maximum Gasteiger partial charge on any atom is 0.0672 e. The Morgan fingerprint density at radius 3 is 1.39 bits per heavy atom. The Labute approximate surface area is 128 Å². The van der Waals surface area contributed by atoms with Crippen LogP contribution in [0.3, 0.4) is 0 Å². The molecule has 1 aromatic carbocycles. The zero-order chi connectivity index (χ0) is 14.0. The van der Waals surface area contributed by atoms with E-state index in [1.807, 2.05) is 23.5 Å². The molecule has 0 radical (unpaired) electrons. The van der Waals surface area contributed by atoms with Crippen LogP contribution in [0.4, 0.5) is 0 Å². The predicted molar refractivity (Wildman–Crippen MR) is 97.4 cm³/mol. The van der Waals surface area contributed by atoms with Gasteiger partial charge in [-0.25, -0.2) is 0 Å². The van der Waals surface area contributed by atoms with Crippen LogP contribution >= 0.6 is 35.7 Å². The molecule has 0 fully saturated rings. The largest absolute Gasteiger partial charge is 0.124 e. The molecule has 0 saturated heterocycles. The van der Waals surface area contributed by atoms with Gasteiger partial charge in [-0.15, -0.1) is 23.5 Å². The van der Waals surface area contributed by atoms with E-state index >= 15 is 0 Å². The Hall–Kier alpha value is 0.964. The van der Waals surface area contributed by atoms with Crippen molar-refractivity contribution in [2.24, 2.45) is 0 Å². The van der Waals surface area contributed by atoms with Gasteiger partial charge < -0.3 is 0 Å². The molecule has 1 rings (SSSR count). The number of thioether (sulfide) groups is 2. The lowest BCUT2D eigenvalue weighted by Crippen LogP contribution is -2.19. The molecule has 0 aliphatic carbocycles. The van der Waals surface area contributed by atoms with Crippen molar-refractivity contribution >= 4 is 51.9 Å². The molecule has 1 aromatic rings. The summed E-state index contributed by atoms with van der Waals surface area (Å²) in [6.45, 7) is 14.6. The van der Waals surface area contributed by atoms with Crippen LogP contribution in [0.5, 0.6) is 0 Å². The second-order valence-electron chi connectivity index (χ2n) is 7.31. The van der Waals surface area contributed by atoms with Gasteiger partial charge in [0.2, 0.25) is 0 Å². The number of hydrogen-bond donors (Lipinski definition) is 0. The van der Waals surface area contributed by atoms with Crippen molar-refractivity contribution in [3.8, 4) is 0 Å².